The molecule has 4 nitrogen and oxygen atoms in total. The lowest BCUT2D eigenvalue weighted by Gasteiger charge is -2.19. The molecule has 78 valence electrons. The number of hydrogen-bond donors (Lipinski definition) is 0. The van der Waals surface area contributed by atoms with Gasteiger partial charge in [0, 0.05) is 6.42 Å². The van der Waals surface area contributed by atoms with E-state index in [4.69, 9.17) is 5.26 Å². The van der Waals surface area contributed by atoms with Crippen LogP contribution in [0.15, 0.2) is 24.3 Å². The third-order valence-corrected chi connectivity index (χ3v) is 3.60. The van der Waals surface area contributed by atoms with E-state index in [9.17, 15) is 8.42 Å². The molecule has 1 aromatic carbocycles. The van der Waals surface area contributed by atoms with Crippen LogP contribution < -0.4 is 4.31 Å². The molecule has 1 aromatic rings. The van der Waals surface area contributed by atoms with E-state index < -0.39 is 16.1 Å². The van der Waals surface area contributed by atoms with Crippen molar-refractivity contribution in [3.8, 4) is 6.07 Å². The highest BCUT2D eigenvalue weighted by atomic mass is 32.2. The molecule has 0 saturated heterocycles. The molecule has 2 rings (SSSR count). The molecule has 0 spiro atoms. The van der Waals surface area contributed by atoms with Crippen molar-refractivity contribution >= 4 is 15.7 Å². The van der Waals surface area contributed by atoms with Crippen LogP contribution in [0.25, 0.3) is 0 Å². The van der Waals surface area contributed by atoms with Crippen LogP contribution in [-0.4, -0.2) is 20.7 Å². The van der Waals surface area contributed by atoms with Gasteiger partial charge in [0.2, 0.25) is 10.0 Å². The molecule has 15 heavy (non-hydrogen) atoms. The Morgan fingerprint density at radius 2 is 2.13 bits per heavy atom. The quantitative estimate of drug-likeness (QED) is 0.709. The Morgan fingerprint density at radius 1 is 1.47 bits per heavy atom. The van der Waals surface area contributed by atoms with Crippen LogP contribution in [0, 0.1) is 11.3 Å². The van der Waals surface area contributed by atoms with Crippen molar-refractivity contribution in [1.82, 2.24) is 0 Å². The van der Waals surface area contributed by atoms with Crippen LogP contribution in [-0.2, 0) is 16.4 Å². The van der Waals surface area contributed by atoms with Crippen LogP contribution in [0.2, 0.25) is 0 Å². The van der Waals surface area contributed by atoms with Crippen molar-refractivity contribution in [2.24, 2.45) is 0 Å². The summed E-state index contributed by atoms with van der Waals surface area (Å²) in [5.74, 6) is 0. The Labute approximate surface area is 88.8 Å². The van der Waals surface area contributed by atoms with Gasteiger partial charge in [-0.15, -0.1) is 0 Å². The second-order valence-electron chi connectivity index (χ2n) is 3.54. The number of benzene rings is 1. The molecule has 0 bridgehead atoms. The summed E-state index contributed by atoms with van der Waals surface area (Å²) in [5, 5.41) is 8.92. The summed E-state index contributed by atoms with van der Waals surface area (Å²) in [5.41, 5.74) is 1.54. The highest BCUT2D eigenvalue weighted by Crippen LogP contribution is 2.33. The van der Waals surface area contributed by atoms with E-state index in [1.54, 1.807) is 12.1 Å². The summed E-state index contributed by atoms with van der Waals surface area (Å²) in [6, 6.07) is 8.62. The first-order valence-corrected chi connectivity index (χ1v) is 6.36. The Kier molecular flexibility index (Phi) is 2.16. The first-order chi connectivity index (χ1) is 7.04. The van der Waals surface area contributed by atoms with Gasteiger partial charge in [-0.05, 0) is 11.6 Å². The van der Waals surface area contributed by atoms with E-state index in [-0.39, 0.29) is 0 Å². The predicted molar refractivity (Wildman–Crippen MR) is 56.9 cm³/mol. The fourth-order valence-electron chi connectivity index (χ4n) is 1.87. The molecule has 0 amide bonds. The Balaban J connectivity index is 2.58. The van der Waals surface area contributed by atoms with E-state index in [0.29, 0.717) is 12.1 Å². The van der Waals surface area contributed by atoms with Gasteiger partial charge < -0.3 is 0 Å². The lowest BCUT2D eigenvalue weighted by molar-refractivity contribution is 0.594. The van der Waals surface area contributed by atoms with Gasteiger partial charge in [0.05, 0.1) is 18.0 Å². The normalized spacial score (nSPS) is 19.7. The number of nitrogens with zero attached hydrogens (tertiary/aromatic N) is 2. The first kappa shape index (κ1) is 9.99. The van der Waals surface area contributed by atoms with Gasteiger partial charge >= 0.3 is 0 Å². The van der Waals surface area contributed by atoms with E-state index in [1.807, 2.05) is 18.2 Å². The molecule has 0 fully saturated rings. The molecule has 5 heteroatoms. The molecule has 0 saturated carbocycles. The standard InChI is InChI=1S/C10H10N2O2S/c1-15(13,14)12-9(7-11)6-8-4-2-3-5-10(8)12/h2-5,9H,6H2,1H3. The van der Waals surface area contributed by atoms with Crippen molar-refractivity contribution < 1.29 is 8.42 Å². The summed E-state index contributed by atoms with van der Waals surface area (Å²) in [6.45, 7) is 0. The maximum Gasteiger partial charge on any atom is 0.233 e. The molecule has 0 radical (unpaired) electrons. The van der Waals surface area contributed by atoms with Gasteiger partial charge in [-0.2, -0.15) is 5.26 Å². The molecule has 1 atom stereocenters. The Morgan fingerprint density at radius 3 is 2.73 bits per heavy atom. The zero-order valence-corrected chi connectivity index (χ0v) is 9.03. The molecule has 1 unspecified atom stereocenters. The minimum atomic E-state index is -3.37. The summed E-state index contributed by atoms with van der Waals surface area (Å²) in [6.07, 6.45) is 1.60. The summed E-state index contributed by atoms with van der Waals surface area (Å²) < 4.78 is 24.3. The molecular weight excluding hydrogens is 212 g/mol. The number of fused-ring (bicyclic) bond motifs is 1. The highest BCUT2D eigenvalue weighted by molar-refractivity contribution is 7.92. The number of rotatable bonds is 1. The van der Waals surface area contributed by atoms with E-state index in [2.05, 4.69) is 0 Å². The van der Waals surface area contributed by atoms with Gasteiger partial charge in [0.15, 0.2) is 0 Å². The van der Waals surface area contributed by atoms with Crippen molar-refractivity contribution in [3.63, 3.8) is 0 Å². The Bertz CT molecular complexity index is 531. The van der Waals surface area contributed by atoms with E-state index >= 15 is 0 Å². The van der Waals surface area contributed by atoms with E-state index in [1.165, 1.54) is 4.31 Å². The van der Waals surface area contributed by atoms with Gasteiger partial charge in [-0.25, -0.2) is 8.42 Å². The third kappa shape index (κ3) is 1.57. The van der Waals surface area contributed by atoms with Crippen molar-refractivity contribution in [2.75, 3.05) is 10.6 Å². The van der Waals surface area contributed by atoms with Crippen LogP contribution in [0.5, 0.6) is 0 Å². The van der Waals surface area contributed by atoms with Crippen LogP contribution in [0.4, 0.5) is 5.69 Å². The number of sulfonamides is 1. The molecule has 0 N–H and O–H groups in total. The molecule has 1 aliphatic rings. The SMILES string of the molecule is CS(=O)(=O)N1c2ccccc2CC1C#N. The third-order valence-electron chi connectivity index (χ3n) is 2.43. The molecule has 1 aliphatic heterocycles. The monoisotopic (exact) mass is 222 g/mol. The zero-order valence-electron chi connectivity index (χ0n) is 8.21. The van der Waals surface area contributed by atoms with Gasteiger partial charge in [0.25, 0.3) is 0 Å². The van der Waals surface area contributed by atoms with Crippen molar-refractivity contribution in [3.05, 3.63) is 29.8 Å². The minimum absolute atomic E-state index is 0.472. The lowest BCUT2D eigenvalue weighted by atomic mass is 10.1. The first-order valence-electron chi connectivity index (χ1n) is 4.51. The van der Waals surface area contributed by atoms with E-state index in [0.717, 1.165) is 11.8 Å². The Hall–Kier alpha value is -1.54. The number of hydrogen-bond acceptors (Lipinski definition) is 3. The summed E-state index contributed by atoms with van der Waals surface area (Å²) >= 11 is 0. The van der Waals surface area contributed by atoms with Crippen LogP contribution in [0.1, 0.15) is 5.56 Å². The highest BCUT2D eigenvalue weighted by Gasteiger charge is 2.34. The predicted octanol–water partition coefficient (Wildman–Crippen LogP) is 0.901. The zero-order chi connectivity index (χ0) is 11.1. The van der Waals surface area contributed by atoms with Gasteiger partial charge in [-0.3, -0.25) is 4.31 Å². The van der Waals surface area contributed by atoms with Crippen molar-refractivity contribution in [1.29, 1.82) is 5.26 Å². The molecule has 1 heterocycles. The fourth-order valence-corrected chi connectivity index (χ4v) is 2.98. The maximum absolute atomic E-state index is 11.5. The summed E-state index contributed by atoms with van der Waals surface area (Å²) in [7, 11) is -3.37. The fraction of sp³-hybridized carbons (Fsp3) is 0.300. The average molecular weight is 222 g/mol. The number of anilines is 1. The topological polar surface area (TPSA) is 61.2 Å². The maximum atomic E-state index is 11.5. The molecular formula is C10H10N2O2S. The largest absolute Gasteiger partial charge is 0.253 e. The van der Waals surface area contributed by atoms with Crippen molar-refractivity contribution in [2.45, 2.75) is 12.5 Å². The molecule has 0 aliphatic carbocycles. The van der Waals surface area contributed by atoms with Gasteiger partial charge in [-0.1, -0.05) is 18.2 Å². The number of para-hydroxylation sites is 1. The van der Waals surface area contributed by atoms with Gasteiger partial charge in [0.1, 0.15) is 6.04 Å². The minimum Gasteiger partial charge on any atom is -0.253 e. The smallest absolute Gasteiger partial charge is 0.233 e. The number of nitriles is 1. The van der Waals surface area contributed by atoms with Crippen LogP contribution >= 0.6 is 0 Å². The average Bonchev–Trinajstić information content (AvgIpc) is 2.54. The lowest BCUT2D eigenvalue weighted by Crippen LogP contribution is -2.35. The second kappa shape index (κ2) is 3.24. The second-order valence-corrected chi connectivity index (χ2v) is 5.40. The molecule has 0 aromatic heterocycles. The van der Waals surface area contributed by atoms with Crippen LogP contribution in [0.3, 0.4) is 0 Å². The summed E-state index contributed by atoms with van der Waals surface area (Å²) in [4.78, 5) is 0.